The summed E-state index contributed by atoms with van der Waals surface area (Å²) in [5.74, 6) is -0.782. The third-order valence-corrected chi connectivity index (χ3v) is 6.34. The van der Waals surface area contributed by atoms with Crippen molar-refractivity contribution in [1.82, 2.24) is 10.6 Å². The van der Waals surface area contributed by atoms with Gasteiger partial charge in [-0.25, -0.2) is 4.79 Å². The van der Waals surface area contributed by atoms with E-state index in [0.717, 1.165) is 12.8 Å². The second-order valence-corrected chi connectivity index (χ2v) is 8.36. The van der Waals surface area contributed by atoms with Gasteiger partial charge in [0, 0.05) is 23.1 Å². The number of ether oxygens (including phenoxy) is 4. The molecule has 13 heteroatoms. The number of carboxylic acid groups (broad SMARTS) is 1. The van der Waals surface area contributed by atoms with Gasteiger partial charge in [0.2, 0.25) is 0 Å². The van der Waals surface area contributed by atoms with Gasteiger partial charge in [0.15, 0.2) is 0 Å². The van der Waals surface area contributed by atoms with Gasteiger partial charge in [-0.1, -0.05) is 11.5 Å². The molecule has 2 aliphatic heterocycles. The normalized spacial score (nSPS) is 24.3. The minimum absolute atomic E-state index is 0.00410. The van der Waals surface area contributed by atoms with Gasteiger partial charge in [-0.15, -0.1) is 11.8 Å². The Balaban J connectivity index is 1.51. The molecule has 2 saturated heterocycles. The first-order valence-electron chi connectivity index (χ1n) is 10.4. The fraction of sp³-hybridized carbons (Fsp3) is 0.889. The number of carbonyl (C=O) groups excluding carboxylic acids is 1. The molecular weight excluding hydrogens is 430 g/mol. The number of amides is 2. The van der Waals surface area contributed by atoms with Gasteiger partial charge >= 0.3 is 12.0 Å². The number of rotatable bonds is 18. The molecule has 2 amide bonds. The average molecular weight is 462 g/mol. The predicted molar refractivity (Wildman–Crippen MR) is 113 cm³/mol. The van der Waals surface area contributed by atoms with E-state index in [2.05, 4.69) is 20.7 Å². The Morgan fingerprint density at radius 1 is 1.03 bits per heavy atom. The number of aliphatic carboxylic acids is 1. The lowest BCUT2D eigenvalue weighted by Crippen LogP contribution is -2.40. The molecule has 2 aliphatic rings. The summed E-state index contributed by atoms with van der Waals surface area (Å²) in [4.78, 5) is 25.0. The average Bonchev–Trinajstić information content (AvgIpc) is 3.27. The van der Waals surface area contributed by atoms with E-state index in [0.29, 0.717) is 59.2 Å². The van der Waals surface area contributed by atoms with E-state index in [1.165, 1.54) is 0 Å². The maximum absolute atomic E-state index is 11.7. The van der Waals surface area contributed by atoms with Crippen LogP contribution in [-0.4, -0.2) is 92.7 Å². The molecule has 0 radical (unpaired) electrons. The quantitative estimate of drug-likeness (QED) is 0.0908. The van der Waals surface area contributed by atoms with Crippen molar-refractivity contribution in [3.05, 3.63) is 10.4 Å². The first-order chi connectivity index (χ1) is 15.1. The third kappa shape index (κ3) is 9.93. The van der Waals surface area contributed by atoms with Gasteiger partial charge in [-0.2, -0.15) is 0 Å². The van der Waals surface area contributed by atoms with E-state index < -0.39 is 5.97 Å². The van der Waals surface area contributed by atoms with Crippen LogP contribution < -0.4 is 10.6 Å². The number of azide groups is 1. The van der Waals surface area contributed by atoms with E-state index in [-0.39, 0.29) is 35.2 Å². The molecule has 0 aliphatic carbocycles. The van der Waals surface area contributed by atoms with Crippen LogP contribution in [0.1, 0.15) is 25.7 Å². The molecule has 0 saturated carbocycles. The Morgan fingerprint density at radius 2 is 1.68 bits per heavy atom. The molecule has 0 aromatic carbocycles. The molecule has 3 N–H and O–H groups in total. The number of carbonyl (C=O) groups is 2. The summed E-state index contributed by atoms with van der Waals surface area (Å²) in [5, 5.41) is 18.2. The van der Waals surface area contributed by atoms with Crippen molar-refractivity contribution in [2.24, 2.45) is 5.11 Å². The maximum Gasteiger partial charge on any atom is 0.315 e. The Bertz CT molecular complexity index is 608. The van der Waals surface area contributed by atoms with Gasteiger partial charge in [0.05, 0.1) is 58.3 Å². The molecule has 0 aromatic rings. The SMILES string of the molecule is [N-]=[N+]=NCCOCCOCCOCCO[C@@H]1S[C@@H](CCCCC(=O)O)[C@H]2NC(=O)N[C@H]21. The van der Waals surface area contributed by atoms with Crippen LogP contribution in [-0.2, 0) is 23.7 Å². The maximum atomic E-state index is 11.7. The van der Waals surface area contributed by atoms with Crippen molar-refractivity contribution in [3.8, 4) is 0 Å². The summed E-state index contributed by atoms with van der Waals surface area (Å²) >= 11 is 1.68. The number of nitrogens with zero attached hydrogens (tertiary/aromatic N) is 3. The van der Waals surface area contributed by atoms with Gasteiger partial charge in [-0.05, 0) is 18.4 Å². The van der Waals surface area contributed by atoms with Crippen molar-refractivity contribution in [2.75, 3.05) is 52.8 Å². The highest BCUT2D eigenvalue weighted by Crippen LogP contribution is 2.39. The van der Waals surface area contributed by atoms with E-state index in [9.17, 15) is 9.59 Å². The zero-order chi connectivity index (χ0) is 22.3. The smallest absolute Gasteiger partial charge is 0.315 e. The molecule has 2 heterocycles. The predicted octanol–water partition coefficient (Wildman–Crippen LogP) is 1.50. The number of carboxylic acids is 1. The first kappa shape index (κ1) is 25.5. The monoisotopic (exact) mass is 461 g/mol. The number of nitrogens with one attached hydrogen (secondary N) is 2. The van der Waals surface area contributed by atoms with Gasteiger partial charge in [0.25, 0.3) is 0 Å². The number of unbranched alkanes of at least 4 members (excludes halogenated alkanes) is 1. The lowest BCUT2D eigenvalue weighted by molar-refractivity contribution is -0.137. The third-order valence-electron chi connectivity index (χ3n) is 4.77. The number of hydrogen-bond acceptors (Lipinski definition) is 8. The molecule has 2 rings (SSSR count). The van der Waals surface area contributed by atoms with Crippen LogP contribution >= 0.6 is 11.8 Å². The summed E-state index contributed by atoms with van der Waals surface area (Å²) < 4.78 is 22.0. The lowest BCUT2D eigenvalue weighted by Gasteiger charge is -2.17. The molecule has 0 bridgehead atoms. The topological polar surface area (TPSA) is 164 Å². The fourth-order valence-electron chi connectivity index (χ4n) is 3.35. The number of fused-ring (bicyclic) bond motifs is 1. The minimum Gasteiger partial charge on any atom is -0.481 e. The highest BCUT2D eigenvalue weighted by atomic mass is 32.2. The highest BCUT2D eigenvalue weighted by Gasteiger charge is 2.49. The van der Waals surface area contributed by atoms with Crippen LogP contribution in [0.25, 0.3) is 10.4 Å². The van der Waals surface area contributed by atoms with Crippen molar-refractivity contribution < 1.29 is 33.6 Å². The Kier molecular flexibility index (Phi) is 12.4. The van der Waals surface area contributed by atoms with Crippen LogP contribution in [0.2, 0.25) is 0 Å². The highest BCUT2D eigenvalue weighted by molar-refractivity contribution is 8.00. The molecule has 4 atom stereocenters. The Hall–Kier alpha value is -1.76. The van der Waals surface area contributed by atoms with Crippen molar-refractivity contribution in [1.29, 1.82) is 0 Å². The summed E-state index contributed by atoms with van der Waals surface area (Å²) in [6.45, 7) is 3.28. The molecule has 0 spiro atoms. The second kappa shape index (κ2) is 15.1. The van der Waals surface area contributed by atoms with Gasteiger partial charge in [-0.3, -0.25) is 4.79 Å². The van der Waals surface area contributed by atoms with Crippen LogP contribution in [0.3, 0.4) is 0 Å². The van der Waals surface area contributed by atoms with Gasteiger partial charge < -0.3 is 34.7 Å². The number of thioether (sulfide) groups is 1. The summed E-state index contributed by atoms with van der Waals surface area (Å²) in [7, 11) is 0. The van der Waals surface area contributed by atoms with Crippen LogP contribution in [0.4, 0.5) is 4.79 Å². The number of urea groups is 1. The zero-order valence-corrected chi connectivity index (χ0v) is 18.3. The largest absolute Gasteiger partial charge is 0.481 e. The van der Waals surface area contributed by atoms with E-state index in [1.54, 1.807) is 11.8 Å². The minimum atomic E-state index is -0.782. The zero-order valence-electron chi connectivity index (χ0n) is 17.4. The molecule has 0 unspecified atom stereocenters. The Labute approximate surface area is 185 Å². The van der Waals surface area contributed by atoms with Crippen LogP contribution in [0.15, 0.2) is 5.11 Å². The number of hydrogen-bond donors (Lipinski definition) is 3. The standard InChI is InChI=1S/C18H31N5O7S/c19-23-20-5-6-27-7-8-28-9-10-29-11-12-30-17-16-15(21-18(26)22-16)13(31-17)3-1-2-4-14(24)25/h13,15-17H,1-12H2,(H,24,25)(H2,21,22,26)/t13-,15+,16+,17+/m0/s1. The molecule has 12 nitrogen and oxygen atoms in total. The first-order valence-corrected chi connectivity index (χ1v) is 11.4. The van der Waals surface area contributed by atoms with Crippen LogP contribution in [0, 0.1) is 0 Å². The summed E-state index contributed by atoms with van der Waals surface area (Å²) in [6.07, 6.45) is 2.44. The van der Waals surface area contributed by atoms with E-state index in [1.807, 2.05) is 0 Å². The molecule has 2 fully saturated rings. The molecule has 176 valence electrons. The summed E-state index contributed by atoms with van der Waals surface area (Å²) in [6, 6.07) is -0.283. The second-order valence-electron chi connectivity index (χ2n) is 7.01. The Morgan fingerprint density at radius 3 is 2.35 bits per heavy atom. The molecule has 31 heavy (non-hydrogen) atoms. The molecule has 0 aromatic heterocycles. The van der Waals surface area contributed by atoms with E-state index >= 15 is 0 Å². The lowest BCUT2D eigenvalue weighted by atomic mass is 10.0. The van der Waals surface area contributed by atoms with Crippen molar-refractivity contribution >= 4 is 23.8 Å². The summed E-state index contributed by atoms with van der Waals surface area (Å²) in [5.41, 5.74) is 7.97. The molecular formula is C18H31N5O7S. The van der Waals surface area contributed by atoms with Crippen molar-refractivity contribution in [2.45, 2.75) is 48.5 Å². The van der Waals surface area contributed by atoms with Gasteiger partial charge in [0.1, 0.15) is 5.44 Å². The van der Waals surface area contributed by atoms with Crippen molar-refractivity contribution in [3.63, 3.8) is 0 Å². The fourth-order valence-corrected chi connectivity index (χ4v) is 4.99. The van der Waals surface area contributed by atoms with Crippen LogP contribution in [0.5, 0.6) is 0 Å². The van der Waals surface area contributed by atoms with E-state index in [4.69, 9.17) is 29.6 Å².